The lowest BCUT2D eigenvalue weighted by Crippen LogP contribution is -2.25. The third-order valence-corrected chi connectivity index (χ3v) is 2.93. The second kappa shape index (κ2) is 5.91. The van der Waals surface area contributed by atoms with Gasteiger partial charge in [-0.2, -0.15) is 0 Å². The van der Waals surface area contributed by atoms with E-state index in [0.29, 0.717) is 6.42 Å². The summed E-state index contributed by atoms with van der Waals surface area (Å²) in [4.78, 5) is 12.1. The van der Waals surface area contributed by atoms with Gasteiger partial charge in [0.05, 0.1) is 0 Å². The minimum atomic E-state index is 0.0430. The highest BCUT2D eigenvalue weighted by Gasteiger charge is 2.10. The summed E-state index contributed by atoms with van der Waals surface area (Å²) >= 11 is 0. The summed E-state index contributed by atoms with van der Waals surface area (Å²) in [6.07, 6.45) is 0.444. The Morgan fingerprint density at radius 1 is 0.950 bits per heavy atom. The molecule has 0 spiro atoms. The highest BCUT2D eigenvalue weighted by molar-refractivity contribution is 5.97. The van der Waals surface area contributed by atoms with Gasteiger partial charge < -0.3 is 5.32 Å². The molecule has 0 atom stereocenters. The van der Waals surface area contributed by atoms with Crippen LogP contribution in [0.1, 0.15) is 36.7 Å². The molecule has 0 saturated carbocycles. The van der Waals surface area contributed by atoms with Crippen LogP contribution >= 0.6 is 0 Å². The SMILES string of the molecule is CC(C)(C)Nc1ccc(CC(=O)c2ccccc2)cc1. The predicted octanol–water partition coefficient (Wildman–Crippen LogP) is 4.32. The van der Waals surface area contributed by atoms with Crippen LogP contribution in [0.4, 0.5) is 5.69 Å². The fraction of sp³-hybridized carbons (Fsp3) is 0.278. The minimum absolute atomic E-state index is 0.0430. The van der Waals surface area contributed by atoms with Gasteiger partial charge in [-0.15, -0.1) is 0 Å². The van der Waals surface area contributed by atoms with Gasteiger partial charge in [-0.1, -0.05) is 42.5 Å². The summed E-state index contributed by atoms with van der Waals surface area (Å²) in [5, 5.41) is 3.41. The number of anilines is 1. The molecule has 0 aliphatic carbocycles. The maximum Gasteiger partial charge on any atom is 0.167 e. The van der Waals surface area contributed by atoms with E-state index < -0.39 is 0 Å². The van der Waals surface area contributed by atoms with Gasteiger partial charge in [0, 0.05) is 23.2 Å². The van der Waals surface area contributed by atoms with Crippen LogP contribution in [-0.4, -0.2) is 11.3 Å². The molecule has 0 heterocycles. The van der Waals surface area contributed by atoms with Crippen LogP contribution < -0.4 is 5.32 Å². The molecule has 0 bridgehead atoms. The fourth-order valence-electron chi connectivity index (χ4n) is 2.05. The van der Waals surface area contributed by atoms with Crippen molar-refractivity contribution >= 4 is 11.5 Å². The summed E-state index contributed by atoms with van der Waals surface area (Å²) in [7, 11) is 0. The van der Waals surface area contributed by atoms with Crippen LogP contribution in [0.5, 0.6) is 0 Å². The van der Waals surface area contributed by atoms with Crippen molar-refractivity contribution in [1.29, 1.82) is 0 Å². The van der Waals surface area contributed by atoms with Gasteiger partial charge in [0.25, 0.3) is 0 Å². The summed E-state index contributed by atoms with van der Waals surface area (Å²) in [6.45, 7) is 6.37. The molecular weight excluding hydrogens is 246 g/mol. The first-order valence-corrected chi connectivity index (χ1v) is 6.89. The van der Waals surface area contributed by atoms with Gasteiger partial charge in [-0.3, -0.25) is 4.79 Å². The molecule has 2 aromatic carbocycles. The van der Waals surface area contributed by atoms with Gasteiger partial charge in [0.2, 0.25) is 0 Å². The third-order valence-electron chi connectivity index (χ3n) is 2.93. The Balaban J connectivity index is 2.02. The first kappa shape index (κ1) is 14.3. The molecule has 2 nitrogen and oxygen atoms in total. The van der Waals surface area contributed by atoms with Crippen molar-refractivity contribution in [3.63, 3.8) is 0 Å². The highest BCUT2D eigenvalue weighted by Crippen LogP contribution is 2.16. The van der Waals surface area contributed by atoms with Crippen LogP contribution in [0, 0.1) is 0 Å². The van der Waals surface area contributed by atoms with E-state index in [2.05, 4.69) is 26.1 Å². The Kier molecular flexibility index (Phi) is 4.23. The third kappa shape index (κ3) is 4.23. The molecular formula is C18H21NO. The molecule has 2 aromatic rings. The zero-order valence-corrected chi connectivity index (χ0v) is 12.3. The highest BCUT2D eigenvalue weighted by atomic mass is 16.1. The molecule has 0 aromatic heterocycles. The van der Waals surface area contributed by atoms with Crippen LogP contribution in [0.2, 0.25) is 0 Å². The Morgan fingerprint density at radius 3 is 2.10 bits per heavy atom. The van der Waals surface area contributed by atoms with Crippen LogP contribution in [0.15, 0.2) is 54.6 Å². The van der Waals surface area contributed by atoms with Crippen molar-refractivity contribution in [3.05, 3.63) is 65.7 Å². The number of rotatable bonds is 4. The molecule has 2 rings (SSSR count). The molecule has 0 unspecified atom stereocenters. The lowest BCUT2D eigenvalue weighted by Gasteiger charge is -2.22. The minimum Gasteiger partial charge on any atom is -0.380 e. The van der Waals surface area contributed by atoms with E-state index in [9.17, 15) is 4.79 Å². The molecule has 0 aliphatic rings. The largest absolute Gasteiger partial charge is 0.380 e. The number of nitrogens with one attached hydrogen (secondary N) is 1. The number of ketones is 1. The molecule has 20 heavy (non-hydrogen) atoms. The summed E-state index contributed by atoms with van der Waals surface area (Å²) in [5.74, 6) is 0.155. The number of hydrogen-bond donors (Lipinski definition) is 1. The first-order valence-electron chi connectivity index (χ1n) is 6.89. The van der Waals surface area contributed by atoms with E-state index in [1.807, 2.05) is 54.6 Å². The normalized spacial score (nSPS) is 11.2. The zero-order valence-electron chi connectivity index (χ0n) is 12.3. The van der Waals surface area contributed by atoms with Gasteiger partial charge in [-0.05, 0) is 38.5 Å². The lowest BCUT2D eigenvalue weighted by atomic mass is 10.0. The quantitative estimate of drug-likeness (QED) is 0.836. The van der Waals surface area contributed by atoms with Crippen molar-refractivity contribution in [1.82, 2.24) is 0 Å². The van der Waals surface area contributed by atoms with Gasteiger partial charge in [-0.25, -0.2) is 0 Å². The smallest absolute Gasteiger partial charge is 0.167 e. The topological polar surface area (TPSA) is 29.1 Å². The van der Waals surface area contributed by atoms with E-state index in [4.69, 9.17) is 0 Å². The summed E-state index contributed by atoms with van der Waals surface area (Å²) < 4.78 is 0. The van der Waals surface area contributed by atoms with E-state index in [-0.39, 0.29) is 11.3 Å². The van der Waals surface area contributed by atoms with Crippen molar-refractivity contribution in [2.45, 2.75) is 32.7 Å². The maximum atomic E-state index is 12.1. The second-order valence-corrected chi connectivity index (χ2v) is 6.04. The fourth-order valence-corrected chi connectivity index (χ4v) is 2.05. The van der Waals surface area contributed by atoms with E-state index in [0.717, 1.165) is 16.8 Å². The summed E-state index contributed by atoms with van der Waals surface area (Å²) in [5.41, 5.74) is 2.93. The first-order chi connectivity index (χ1) is 9.44. The van der Waals surface area contributed by atoms with E-state index >= 15 is 0 Å². The molecule has 2 heteroatoms. The molecule has 0 saturated heterocycles. The summed E-state index contributed by atoms with van der Waals surface area (Å²) in [6, 6.07) is 17.5. The van der Waals surface area contributed by atoms with E-state index in [1.54, 1.807) is 0 Å². The standard InChI is InChI=1S/C18H21NO/c1-18(2,3)19-16-11-9-14(10-12-16)13-17(20)15-7-5-4-6-8-15/h4-12,19H,13H2,1-3H3. The van der Waals surface area contributed by atoms with Gasteiger partial charge in [0.1, 0.15) is 0 Å². The molecule has 0 radical (unpaired) electrons. The van der Waals surface area contributed by atoms with Crippen LogP contribution in [0.3, 0.4) is 0 Å². The number of carbonyl (C=O) groups excluding carboxylic acids is 1. The predicted molar refractivity (Wildman–Crippen MR) is 84.3 cm³/mol. The maximum absolute atomic E-state index is 12.1. The molecule has 104 valence electrons. The van der Waals surface area contributed by atoms with Gasteiger partial charge in [0.15, 0.2) is 5.78 Å². The molecule has 1 N–H and O–H groups in total. The Labute approximate surface area is 120 Å². The van der Waals surface area contributed by atoms with Crippen molar-refractivity contribution in [2.75, 3.05) is 5.32 Å². The van der Waals surface area contributed by atoms with Crippen molar-refractivity contribution in [2.24, 2.45) is 0 Å². The number of hydrogen-bond acceptors (Lipinski definition) is 2. The zero-order chi connectivity index (χ0) is 14.6. The molecule has 0 fully saturated rings. The average molecular weight is 267 g/mol. The molecule has 0 amide bonds. The monoisotopic (exact) mass is 267 g/mol. The van der Waals surface area contributed by atoms with Crippen molar-refractivity contribution in [3.8, 4) is 0 Å². The Bertz CT molecular complexity index is 565. The van der Waals surface area contributed by atoms with Crippen LogP contribution in [-0.2, 0) is 6.42 Å². The van der Waals surface area contributed by atoms with Crippen molar-refractivity contribution < 1.29 is 4.79 Å². The lowest BCUT2D eigenvalue weighted by molar-refractivity contribution is 0.0993. The Hall–Kier alpha value is -2.09. The number of benzene rings is 2. The number of carbonyl (C=O) groups is 1. The molecule has 0 aliphatic heterocycles. The Morgan fingerprint density at radius 2 is 1.55 bits per heavy atom. The van der Waals surface area contributed by atoms with E-state index in [1.165, 1.54) is 0 Å². The average Bonchev–Trinajstić information content (AvgIpc) is 2.40. The van der Waals surface area contributed by atoms with Gasteiger partial charge >= 0.3 is 0 Å². The van der Waals surface area contributed by atoms with Crippen LogP contribution in [0.25, 0.3) is 0 Å². The number of Topliss-reactive ketones (excluding diaryl/α,β-unsaturated/α-hetero) is 1. The second-order valence-electron chi connectivity index (χ2n) is 6.04.